The fraction of sp³-hybridized carbons (Fsp3) is 0.0625. The number of hydrogen-bond donors (Lipinski definition) is 1. The number of thiazole rings is 1. The molecule has 0 bridgehead atoms. The zero-order valence-electron chi connectivity index (χ0n) is 11.7. The number of anilines is 1. The van der Waals surface area contributed by atoms with Gasteiger partial charge in [0.2, 0.25) is 0 Å². The van der Waals surface area contributed by atoms with Crippen LogP contribution in [0.4, 0.5) is 5.69 Å². The second-order valence-corrected chi connectivity index (χ2v) is 6.55. The number of nitrogens with one attached hydrogen (secondary N) is 1. The van der Waals surface area contributed by atoms with Crippen LogP contribution in [0.5, 0.6) is 0 Å². The molecular formula is C16H12BrN3OS. The quantitative estimate of drug-likeness (QED) is 0.733. The van der Waals surface area contributed by atoms with Crippen LogP contribution in [0.3, 0.4) is 0 Å². The molecule has 3 aromatic rings. The predicted molar refractivity (Wildman–Crippen MR) is 92.2 cm³/mol. The summed E-state index contributed by atoms with van der Waals surface area (Å²) in [5.41, 5.74) is 2.39. The fourth-order valence-corrected chi connectivity index (χ4v) is 3.16. The Bertz CT molecular complexity index is 800. The largest absolute Gasteiger partial charge is 0.321 e. The van der Waals surface area contributed by atoms with Crippen LogP contribution in [0.2, 0.25) is 0 Å². The Labute approximate surface area is 140 Å². The van der Waals surface area contributed by atoms with Crippen LogP contribution in [0, 0.1) is 6.92 Å². The van der Waals surface area contributed by atoms with Crippen LogP contribution in [0.1, 0.15) is 15.4 Å². The number of rotatable bonds is 3. The van der Waals surface area contributed by atoms with E-state index in [0.29, 0.717) is 4.88 Å². The maximum Gasteiger partial charge on any atom is 0.267 e. The van der Waals surface area contributed by atoms with Crippen molar-refractivity contribution in [3.8, 4) is 10.6 Å². The van der Waals surface area contributed by atoms with Crippen molar-refractivity contribution in [1.82, 2.24) is 9.97 Å². The molecule has 0 saturated heterocycles. The standard InChI is InChI=1S/C16H12BrN3OS/c1-10-14(15(21)20-13-6-4-12(17)5-7-13)22-16(19-10)11-3-2-8-18-9-11/h2-9H,1H3,(H,20,21). The topological polar surface area (TPSA) is 54.9 Å². The maximum atomic E-state index is 12.4. The number of aromatic nitrogens is 2. The smallest absolute Gasteiger partial charge is 0.267 e. The van der Waals surface area contributed by atoms with Crippen LogP contribution in [-0.4, -0.2) is 15.9 Å². The number of amides is 1. The Morgan fingerprint density at radius 3 is 2.68 bits per heavy atom. The highest BCUT2D eigenvalue weighted by atomic mass is 79.9. The van der Waals surface area contributed by atoms with E-state index in [1.807, 2.05) is 43.3 Å². The van der Waals surface area contributed by atoms with Gasteiger partial charge in [-0.2, -0.15) is 0 Å². The van der Waals surface area contributed by atoms with Gasteiger partial charge in [-0.25, -0.2) is 4.98 Å². The number of aryl methyl sites for hydroxylation is 1. The normalized spacial score (nSPS) is 10.5. The first-order valence-corrected chi connectivity index (χ1v) is 8.19. The van der Waals surface area contributed by atoms with E-state index in [9.17, 15) is 4.79 Å². The molecule has 1 N–H and O–H groups in total. The molecule has 1 amide bonds. The summed E-state index contributed by atoms with van der Waals surface area (Å²) in [5.74, 6) is -0.146. The number of carbonyl (C=O) groups is 1. The molecule has 4 nitrogen and oxygen atoms in total. The van der Waals surface area contributed by atoms with Crippen LogP contribution in [-0.2, 0) is 0 Å². The Hall–Kier alpha value is -2.05. The summed E-state index contributed by atoms with van der Waals surface area (Å²) in [6.07, 6.45) is 3.46. The van der Waals surface area contributed by atoms with E-state index in [2.05, 4.69) is 31.2 Å². The molecular weight excluding hydrogens is 362 g/mol. The van der Waals surface area contributed by atoms with Crippen molar-refractivity contribution in [2.75, 3.05) is 5.32 Å². The molecule has 0 atom stereocenters. The third-order valence-corrected chi connectivity index (χ3v) is 4.75. The molecule has 0 saturated carbocycles. The van der Waals surface area contributed by atoms with Gasteiger partial charge in [0, 0.05) is 28.1 Å². The number of benzene rings is 1. The van der Waals surface area contributed by atoms with Crippen LogP contribution < -0.4 is 5.32 Å². The minimum absolute atomic E-state index is 0.146. The summed E-state index contributed by atoms with van der Waals surface area (Å²) in [6.45, 7) is 1.84. The summed E-state index contributed by atoms with van der Waals surface area (Å²) in [7, 11) is 0. The van der Waals surface area contributed by atoms with Crippen LogP contribution in [0.15, 0.2) is 53.3 Å². The molecule has 1 aromatic carbocycles. The molecule has 3 rings (SSSR count). The number of nitrogens with zero attached hydrogens (tertiary/aromatic N) is 2. The lowest BCUT2D eigenvalue weighted by molar-refractivity contribution is 0.103. The Kier molecular flexibility index (Phi) is 4.31. The minimum atomic E-state index is -0.146. The molecule has 2 heterocycles. The molecule has 2 aromatic heterocycles. The van der Waals surface area contributed by atoms with Gasteiger partial charge in [-0.1, -0.05) is 15.9 Å². The van der Waals surface area contributed by atoms with Gasteiger partial charge in [-0.15, -0.1) is 11.3 Å². The molecule has 0 fully saturated rings. The van der Waals surface area contributed by atoms with Crippen LogP contribution in [0.25, 0.3) is 10.6 Å². The zero-order chi connectivity index (χ0) is 15.5. The van der Waals surface area contributed by atoms with Crippen molar-refractivity contribution < 1.29 is 4.79 Å². The second kappa shape index (κ2) is 6.37. The van der Waals surface area contributed by atoms with Gasteiger partial charge in [0.15, 0.2) is 0 Å². The van der Waals surface area contributed by atoms with Crippen molar-refractivity contribution in [3.05, 3.63) is 63.8 Å². The monoisotopic (exact) mass is 373 g/mol. The number of carbonyl (C=O) groups excluding carboxylic acids is 1. The van der Waals surface area contributed by atoms with E-state index in [0.717, 1.165) is 26.4 Å². The summed E-state index contributed by atoms with van der Waals surface area (Å²) in [4.78, 5) is 21.6. The molecule has 22 heavy (non-hydrogen) atoms. The van der Waals surface area contributed by atoms with Gasteiger partial charge >= 0.3 is 0 Å². The summed E-state index contributed by atoms with van der Waals surface area (Å²) < 4.78 is 0.971. The Balaban J connectivity index is 1.84. The molecule has 0 aliphatic rings. The highest BCUT2D eigenvalue weighted by Gasteiger charge is 2.16. The lowest BCUT2D eigenvalue weighted by Gasteiger charge is -2.03. The average Bonchev–Trinajstić information content (AvgIpc) is 2.92. The fourth-order valence-electron chi connectivity index (χ4n) is 1.94. The third-order valence-electron chi connectivity index (χ3n) is 3.01. The highest BCUT2D eigenvalue weighted by Crippen LogP contribution is 2.28. The first-order valence-electron chi connectivity index (χ1n) is 6.58. The van der Waals surface area contributed by atoms with Crippen molar-refractivity contribution in [2.45, 2.75) is 6.92 Å². The molecule has 0 radical (unpaired) electrons. The molecule has 0 spiro atoms. The SMILES string of the molecule is Cc1nc(-c2cccnc2)sc1C(=O)Nc1ccc(Br)cc1. The summed E-state index contributed by atoms with van der Waals surface area (Å²) in [5, 5.41) is 3.68. The summed E-state index contributed by atoms with van der Waals surface area (Å²) >= 11 is 4.74. The number of halogens is 1. The molecule has 6 heteroatoms. The number of hydrogen-bond acceptors (Lipinski definition) is 4. The van der Waals surface area contributed by atoms with E-state index in [1.54, 1.807) is 12.4 Å². The van der Waals surface area contributed by atoms with Gasteiger partial charge in [0.1, 0.15) is 9.88 Å². The van der Waals surface area contributed by atoms with E-state index in [1.165, 1.54) is 11.3 Å². The second-order valence-electron chi connectivity index (χ2n) is 4.64. The van der Waals surface area contributed by atoms with E-state index < -0.39 is 0 Å². The first kappa shape index (κ1) is 14.9. The van der Waals surface area contributed by atoms with Crippen molar-refractivity contribution in [1.29, 1.82) is 0 Å². The number of pyridine rings is 1. The lowest BCUT2D eigenvalue weighted by Crippen LogP contribution is -2.11. The van der Waals surface area contributed by atoms with Gasteiger partial charge < -0.3 is 5.32 Å². The van der Waals surface area contributed by atoms with E-state index in [-0.39, 0.29) is 5.91 Å². The molecule has 0 aliphatic heterocycles. The van der Waals surface area contributed by atoms with E-state index in [4.69, 9.17) is 0 Å². The highest BCUT2D eigenvalue weighted by molar-refractivity contribution is 9.10. The molecule has 0 aliphatic carbocycles. The lowest BCUT2D eigenvalue weighted by atomic mass is 10.3. The predicted octanol–water partition coefficient (Wildman–Crippen LogP) is 4.53. The van der Waals surface area contributed by atoms with Crippen molar-refractivity contribution in [2.24, 2.45) is 0 Å². The minimum Gasteiger partial charge on any atom is -0.321 e. The molecule has 110 valence electrons. The zero-order valence-corrected chi connectivity index (χ0v) is 14.1. The summed E-state index contributed by atoms with van der Waals surface area (Å²) in [6, 6.07) is 11.3. The average molecular weight is 374 g/mol. The van der Waals surface area contributed by atoms with Crippen LogP contribution >= 0.6 is 27.3 Å². The Morgan fingerprint density at radius 2 is 2.00 bits per heavy atom. The van der Waals surface area contributed by atoms with Gasteiger partial charge in [-0.3, -0.25) is 9.78 Å². The van der Waals surface area contributed by atoms with Gasteiger partial charge in [-0.05, 0) is 43.3 Å². The van der Waals surface area contributed by atoms with E-state index >= 15 is 0 Å². The van der Waals surface area contributed by atoms with Crippen molar-refractivity contribution in [3.63, 3.8) is 0 Å². The van der Waals surface area contributed by atoms with Crippen molar-refractivity contribution >= 4 is 38.9 Å². The molecule has 0 unspecified atom stereocenters. The Morgan fingerprint density at radius 1 is 1.23 bits per heavy atom. The van der Waals surface area contributed by atoms with Gasteiger partial charge in [0.25, 0.3) is 5.91 Å². The first-order chi connectivity index (χ1) is 10.6. The van der Waals surface area contributed by atoms with Gasteiger partial charge in [0.05, 0.1) is 5.69 Å². The maximum absolute atomic E-state index is 12.4. The third kappa shape index (κ3) is 3.23.